The van der Waals surface area contributed by atoms with Gasteiger partial charge in [0.15, 0.2) is 5.82 Å². The molecule has 0 spiro atoms. The molecule has 5 rings (SSSR count). The number of aromatic nitrogens is 3. The highest BCUT2D eigenvalue weighted by molar-refractivity contribution is 7.84. The molecule has 0 unspecified atom stereocenters. The van der Waals surface area contributed by atoms with Gasteiger partial charge in [0.05, 0.1) is 38.6 Å². The Bertz CT molecular complexity index is 1050. The van der Waals surface area contributed by atoms with Crippen molar-refractivity contribution in [1.29, 1.82) is 0 Å². The number of hydrogen-bond donors (Lipinski definition) is 2. The molecule has 1 aliphatic carbocycles. The molecule has 1 saturated carbocycles. The van der Waals surface area contributed by atoms with Crippen LogP contribution in [0.4, 0.5) is 17.3 Å². The molecule has 2 N–H and O–H groups in total. The molecular formula is C23H31ClN6O2S. The zero-order chi connectivity index (χ0) is 23.2. The Morgan fingerprint density at radius 1 is 1.24 bits per heavy atom. The summed E-state index contributed by atoms with van der Waals surface area (Å²) in [7, 11) is 0.909. The summed E-state index contributed by atoms with van der Waals surface area (Å²) in [6.07, 6.45) is 10.7. The minimum absolute atomic E-state index is 0.0588. The van der Waals surface area contributed by atoms with Gasteiger partial charge in [0.1, 0.15) is 11.6 Å². The van der Waals surface area contributed by atoms with Crippen LogP contribution in [0.2, 0.25) is 5.02 Å². The van der Waals surface area contributed by atoms with E-state index in [1.165, 1.54) is 0 Å². The first-order valence-corrected chi connectivity index (χ1v) is 13.6. The Labute approximate surface area is 202 Å². The summed E-state index contributed by atoms with van der Waals surface area (Å²) in [6.45, 7) is 2.65. The van der Waals surface area contributed by atoms with Crippen molar-refractivity contribution in [3.8, 4) is 0 Å². The van der Waals surface area contributed by atoms with E-state index in [2.05, 4.69) is 32.1 Å². The van der Waals surface area contributed by atoms with Crippen LogP contribution in [0.5, 0.6) is 0 Å². The third-order valence-electron chi connectivity index (χ3n) is 7.37. The number of fused-ring (bicyclic) bond motifs is 1. The average molecular weight is 491 g/mol. The molecule has 1 atom stereocenters. The topological polar surface area (TPSA) is 94.5 Å². The van der Waals surface area contributed by atoms with Gasteiger partial charge in [-0.15, -0.1) is 0 Å². The van der Waals surface area contributed by atoms with Crippen LogP contribution in [0.1, 0.15) is 49.4 Å². The Morgan fingerprint density at radius 2 is 1.94 bits per heavy atom. The second-order valence-electron chi connectivity index (χ2n) is 9.50. The van der Waals surface area contributed by atoms with Crippen LogP contribution in [0.3, 0.4) is 0 Å². The number of aliphatic hydroxyl groups is 1. The van der Waals surface area contributed by atoms with Crippen molar-refractivity contribution in [2.75, 3.05) is 54.7 Å². The van der Waals surface area contributed by atoms with E-state index in [4.69, 9.17) is 16.6 Å². The molecule has 33 heavy (non-hydrogen) atoms. The Kier molecular flexibility index (Phi) is 6.22. The first-order valence-electron chi connectivity index (χ1n) is 11.6. The van der Waals surface area contributed by atoms with Gasteiger partial charge in [-0.05, 0) is 38.5 Å². The van der Waals surface area contributed by atoms with Gasteiger partial charge in [-0.2, -0.15) is 0 Å². The SMILES string of the molecule is CN1CCc2c1c(N1CCC(c3ncc(Cl)cn3)CC1)nc(NC1(CO)CCC1)c2[S@@](C)=O. The van der Waals surface area contributed by atoms with Gasteiger partial charge in [0, 0.05) is 56.8 Å². The minimum atomic E-state index is -1.18. The highest BCUT2D eigenvalue weighted by atomic mass is 35.5. The van der Waals surface area contributed by atoms with Gasteiger partial charge in [0.2, 0.25) is 0 Å². The lowest BCUT2D eigenvalue weighted by Gasteiger charge is -2.42. The van der Waals surface area contributed by atoms with E-state index < -0.39 is 10.8 Å². The van der Waals surface area contributed by atoms with Crippen molar-refractivity contribution in [2.24, 2.45) is 0 Å². The molecule has 10 heteroatoms. The number of anilines is 3. The fourth-order valence-electron chi connectivity index (χ4n) is 5.29. The molecule has 178 valence electrons. The standard InChI is InChI=1S/C23H31ClN6O2S/c1-29-9-6-17-18(29)22(27-21(19(17)33(2)32)28-23(14-31)7-3-8-23)30-10-4-15(5-11-30)20-25-12-16(24)13-26-20/h12-13,15,31H,3-11,14H2,1-2H3,(H,27,28)/t33-/m1/s1. The number of hydrogen-bond acceptors (Lipinski definition) is 8. The first kappa shape index (κ1) is 22.8. The van der Waals surface area contributed by atoms with Gasteiger partial charge in [-0.1, -0.05) is 11.6 Å². The largest absolute Gasteiger partial charge is 0.394 e. The first-order chi connectivity index (χ1) is 15.9. The van der Waals surface area contributed by atoms with E-state index in [9.17, 15) is 9.32 Å². The van der Waals surface area contributed by atoms with Crippen molar-refractivity contribution in [1.82, 2.24) is 15.0 Å². The molecule has 2 fully saturated rings. The number of halogens is 1. The fraction of sp³-hybridized carbons (Fsp3) is 0.609. The van der Waals surface area contributed by atoms with Crippen LogP contribution in [0.25, 0.3) is 0 Å². The second kappa shape index (κ2) is 9.00. The molecule has 3 aliphatic rings. The zero-order valence-electron chi connectivity index (χ0n) is 19.2. The summed E-state index contributed by atoms with van der Waals surface area (Å²) in [6, 6.07) is 0. The molecule has 1 saturated heterocycles. The van der Waals surface area contributed by atoms with Gasteiger partial charge in [0.25, 0.3) is 0 Å². The van der Waals surface area contributed by atoms with Crippen molar-refractivity contribution in [3.63, 3.8) is 0 Å². The predicted octanol–water partition coefficient (Wildman–Crippen LogP) is 2.97. The van der Waals surface area contributed by atoms with E-state index in [-0.39, 0.29) is 12.1 Å². The maximum absolute atomic E-state index is 12.8. The number of piperidine rings is 1. The summed E-state index contributed by atoms with van der Waals surface area (Å²) in [4.78, 5) is 19.3. The lowest BCUT2D eigenvalue weighted by Crippen LogP contribution is -2.49. The van der Waals surface area contributed by atoms with Crippen LogP contribution in [0, 0.1) is 0 Å². The quantitative estimate of drug-likeness (QED) is 0.638. The Morgan fingerprint density at radius 3 is 2.52 bits per heavy atom. The molecule has 2 aliphatic heterocycles. The summed E-state index contributed by atoms with van der Waals surface area (Å²) in [5, 5.41) is 14.1. The van der Waals surface area contributed by atoms with Gasteiger partial charge in [-0.25, -0.2) is 15.0 Å². The molecule has 2 aromatic heterocycles. The third-order valence-corrected chi connectivity index (χ3v) is 8.58. The van der Waals surface area contributed by atoms with Gasteiger partial charge in [-0.3, -0.25) is 4.21 Å². The molecule has 0 amide bonds. The smallest absolute Gasteiger partial charge is 0.155 e. The van der Waals surface area contributed by atoms with E-state index in [1.54, 1.807) is 18.6 Å². The molecular weight excluding hydrogens is 460 g/mol. The zero-order valence-corrected chi connectivity index (χ0v) is 20.8. The number of aliphatic hydroxyl groups excluding tert-OH is 1. The van der Waals surface area contributed by atoms with Gasteiger partial charge < -0.3 is 20.2 Å². The number of likely N-dealkylation sites (N-methyl/N-ethyl adjacent to an activating group) is 1. The number of nitrogens with zero attached hydrogens (tertiary/aromatic N) is 5. The fourth-order valence-corrected chi connectivity index (χ4v) is 6.31. The summed E-state index contributed by atoms with van der Waals surface area (Å²) >= 11 is 5.95. The maximum atomic E-state index is 12.8. The van der Waals surface area contributed by atoms with Gasteiger partial charge >= 0.3 is 0 Å². The van der Waals surface area contributed by atoms with E-state index in [1.807, 2.05) is 0 Å². The van der Waals surface area contributed by atoms with Crippen LogP contribution < -0.4 is 15.1 Å². The Hall–Kier alpha value is -1.97. The summed E-state index contributed by atoms with van der Waals surface area (Å²) < 4.78 is 12.8. The van der Waals surface area contributed by atoms with Crippen LogP contribution in [0.15, 0.2) is 17.3 Å². The number of pyridine rings is 1. The van der Waals surface area contributed by atoms with Crippen molar-refractivity contribution < 1.29 is 9.32 Å². The molecule has 0 bridgehead atoms. The van der Waals surface area contributed by atoms with Crippen LogP contribution in [-0.4, -0.2) is 69.4 Å². The van der Waals surface area contributed by atoms with Crippen LogP contribution in [-0.2, 0) is 17.2 Å². The molecule has 0 aromatic carbocycles. The van der Waals surface area contributed by atoms with Crippen LogP contribution >= 0.6 is 11.6 Å². The molecule has 2 aromatic rings. The third kappa shape index (κ3) is 4.19. The molecule has 8 nitrogen and oxygen atoms in total. The van der Waals surface area contributed by atoms with E-state index in [0.717, 1.165) is 85.9 Å². The monoisotopic (exact) mass is 490 g/mol. The normalized spacial score (nSPS) is 21.0. The van der Waals surface area contributed by atoms with E-state index in [0.29, 0.717) is 16.8 Å². The van der Waals surface area contributed by atoms with Crippen molar-refractivity contribution >= 4 is 39.7 Å². The van der Waals surface area contributed by atoms with E-state index >= 15 is 0 Å². The average Bonchev–Trinajstić information content (AvgIpc) is 3.17. The number of nitrogens with one attached hydrogen (secondary N) is 1. The second-order valence-corrected chi connectivity index (χ2v) is 11.3. The lowest BCUT2D eigenvalue weighted by molar-refractivity contribution is 0.143. The molecule has 4 heterocycles. The maximum Gasteiger partial charge on any atom is 0.155 e. The number of rotatable bonds is 6. The Balaban J connectivity index is 1.47. The summed E-state index contributed by atoms with van der Waals surface area (Å²) in [5.41, 5.74) is 1.87. The highest BCUT2D eigenvalue weighted by Gasteiger charge is 2.39. The highest BCUT2D eigenvalue weighted by Crippen LogP contribution is 2.45. The van der Waals surface area contributed by atoms with Crippen molar-refractivity contribution in [3.05, 3.63) is 28.8 Å². The summed E-state index contributed by atoms with van der Waals surface area (Å²) in [5.74, 6) is 2.78. The predicted molar refractivity (Wildman–Crippen MR) is 132 cm³/mol. The van der Waals surface area contributed by atoms with Crippen molar-refractivity contribution in [2.45, 2.75) is 54.9 Å². The minimum Gasteiger partial charge on any atom is -0.394 e. The molecule has 0 radical (unpaired) electrons. The lowest BCUT2D eigenvalue weighted by atomic mass is 9.77.